The fourth-order valence-corrected chi connectivity index (χ4v) is 4.20. The lowest BCUT2D eigenvalue weighted by molar-refractivity contribution is -0.0189. The summed E-state index contributed by atoms with van der Waals surface area (Å²) in [4.78, 5) is 13.0. The number of halogens is 1. The number of fused-ring (bicyclic) bond motifs is 1. The van der Waals surface area contributed by atoms with Gasteiger partial charge in [-0.05, 0) is 30.3 Å². The quantitative estimate of drug-likeness (QED) is 0.411. The molecule has 0 amide bonds. The number of hydrogen-bond donors (Lipinski definition) is 0. The molecule has 8 nitrogen and oxygen atoms in total. The van der Waals surface area contributed by atoms with E-state index in [9.17, 15) is 9.18 Å². The third-order valence-corrected chi connectivity index (χ3v) is 5.93. The fraction of sp³-hybridized carbons (Fsp3) is 0.296. The van der Waals surface area contributed by atoms with E-state index in [0.29, 0.717) is 45.6 Å². The van der Waals surface area contributed by atoms with E-state index in [2.05, 4.69) is 0 Å². The van der Waals surface area contributed by atoms with Crippen LogP contribution in [0.2, 0.25) is 0 Å². The van der Waals surface area contributed by atoms with Crippen molar-refractivity contribution >= 4 is 5.97 Å². The van der Waals surface area contributed by atoms with E-state index in [0.717, 1.165) is 6.07 Å². The van der Waals surface area contributed by atoms with E-state index in [1.807, 2.05) is 0 Å². The summed E-state index contributed by atoms with van der Waals surface area (Å²) in [6.45, 7) is 0. The molecule has 0 saturated carbocycles. The van der Waals surface area contributed by atoms with Gasteiger partial charge in [0.25, 0.3) is 0 Å². The molecule has 0 radical (unpaired) electrons. The van der Waals surface area contributed by atoms with Crippen molar-refractivity contribution in [1.29, 1.82) is 0 Å². The highest BCUT2D eigenvalue weighted by atomic mass is 19.1. The van der Waals surface area contributed by atoms with E-state index >= 15 is 0 Å². The van der Waals surface area contributed by atoms with Crippen molar-refractivity contribution in [3.63, 3.8) is 0 Å². The highest BCUT2D eigenvalue weighted by molar-refractivity contribution is 5.89. The largest absolute Gasteiger partial charge is 0.496 e. The van der Waals surface area contributed by atoms with Crippen molar-refractivity contribution in [2.75, 3.05) is 35.5 Å². The third kappa shape index (κ3) is 4.82. The molecule has 0 saturated heterocycles. The second-order valence-corrected chi connectivity index (χ2v) is 7.96. The van der Waals surface area contributed by atoms with Gasteiger partial charge < -0.3 is 33.2 Å². The molecule has 0 spiro atoms. The van der Waals surface area contributed by atoms with Gasteiger partial charge in [-0.2, -0.15) is 0 Å². The molecule has 1 aliphatic heterocycles. The lowest BCUT2D eigenvalue weighted by Crippen LogP contribution is -2.35. The molecule has 1 aliphatic rings. The molecule has 0 N–H and O–H groups in total. The van der Waals surface area contributed by atoms with E-state index in [1.165, 1.54) is 46.6 Å². The second-order valence-electron chi connectivity index (χ2n) is 7.96. The highest BCUT2D eigenvalue weighted by Crippen LogP contribution is 2.46. The lowest BCUT2D eigenvalue weighted by Gasteiger charge is -2.34. The summed E-state index contributed by atoms with van der Waals surface area (Å²) in [5.41, 5.74) is 1.42. The summed E-state index contributed by atoms with van der Waals surface area (Å²) in [6.07, 6.45) is -1.29. The zero-order chi connectivity index (χ0) is 25.8. The van der Waals surface area contributed by atoms with Crippen LogP contribution >= 0.6 is 0 Å². The van der Waals surface area contributed by atoms with Gasteiger partial charge in [0, 0.05) is 29.7 Å². The number of esters is 1. The molecule has 2 atom stereocenters. The lowest BCUT2D eigenvalue weighted by atomic mass is 9.93. The van der Waals surface area contributed by atoms with Crippen molar-refractivity contribution in [1.82, 2.24) is 0 Å². The Kier molecular flexibility index (Phi) is 7.38. The van der Waals surface area contributed by atoms with Gasteiger partial charge in [0.15, 0.2) is 17.6 Å². The Balaban J connectivity index is 1.80. The molecular formula is C27H27FO8. The number of carbonyl (C=O) groups excluding carboxylic acids is 1. The zero-order valence-electron chi connectivity index (χ0n) is 20.6. The van der Waals surface area contributed by atoms with Gasteiger partial charge in [-0.25, -0.2) is 9.18 Å². The zero-order valence-corrected chi connectivity index (χ0v) is 20.6. The van der Waals surface area contributed by atoms with E-state index < -0.39 is 24.0 Å². The Hall–Kier alpha value is -4.14. The topological polar surface area (TPSA) is 81.7 Å². The molecule has 36 heavy (non-hydrogen) atoms. The fourth-order valence-electron chi connectivity index (χ4n) is 4.20. The van der Waals surface area contributed by atoms with Crippen molar-refractivity contribution < 1.29 is 42.3 Å². The van der Waals surface area contributed by atoms with Gasteiger partial charge in [0.1, 0.15) is 29.2 Å². The Labute approximate surface area is 208 Å². The number of rotatable bonds is 8. The minimum Gasteiger partial charge on any atom is -0.496 e. The van der Waals surface area contributed by atoms with Crippen LogP contribution in [-0.4, -0.2) is 47.6 Å². The van der Waals surface area contributed by atoms with E-state index in [4.69, 9.17) is 33.2 Å². The minimum atomic E-state index is -0.793. The van der Waals surface area contributed by atoms with E-state index in [-0.39, 0.29) is 12.0 Å². The van der Waals surface area contributed by atoms with Gasteiger partial charge in [-0.1, -0.05) is 6.07 Å². The van der Waals surface area contributed by atoms with Crippen LogP contribution in [0, 0.1) is 5.82 Å². The number of benzene rings is 3. The maximum Gasteiger partial charge on any atom is 0.338 e. The molecule has 190 valence electrons. The van der Waals surface area contributed by atoms with Gasteiger partial charge in [0.05, 0.1) is 41.1 Å². The van der Waals surface area contributed by atoms with Crippen molar-refractivity contribution in [2.45, 2.75) is 18.6 Å². The summed E-state index contributed by atoms with van der Waals surface area (Å²) < 4.78 is 53.4. The molecule has 9 heteroatoms. The predicted molar refractivity (Wildman–Crippen MR) is 128 cm³/mol. The van der Waals surface area contributed by atoms with Crippen LogP contribution in [0.5, 0.6) is 34.5 Å². The van der Waals surface area contributed by atoms with Crippen LogP contribution in [0.15, 0.2) is 48.5 Å². The van der Waals surface area contributed by atoms with E-state index in [1.54, 1.807) is 31.4 Å². The van der Waals surface area contributed by atoms with Crippen molar-refractivity contribution in [3.8, 4) is 34.5 Å². The molecule has 4 rings (SSSR count). The molecule has 0 aromatic heterocycles. The summed E-state index contributed by atoms with van der Waals surface area (Å²) in [7, 11) is 7.61. The molecular weight excluding hydrogens is 471 g/mol. The molecule has 1 heterocycles. The average Bonchev–Trinajstić information content (AvgIpc) is 2.91. The van der Waals surface area contributed by atoms with Crippen LogP contribution < -0.4 is 28.4 Å². The minimum absolute atomic E-state index is 0.0890. The van der Waals surface area contributed by atoms with Crippen molar-refractivity contribution in [2.24, 2.45) is 0 Å². The van der Waals surface area contributed by atoms with Crippen LogP contribution in [-0.2, 0) is 11.2 Å². The monoisotopic (exact) mass is 498 g/mol. The Morgan fingerprint density at radius 2 is 1.56 bits per heavy atom. The highest BCUT2D eigenvalue weighted by Gasteiger charge is 2.37. The Morgan fingerprint density at radius 3 is 2.14 bits per heavy atom. The standard InChI is InChI=1S/C27H27FO8/c1-30-18-12-20(31-2)19-14-24(36-27(29)15-7-6-8-17(28)9-15)25(35-21(19)13-18)16-10-22(32-3)26(34-5)23(11-16)33-4/h6-13,24-25H,14H2,1-5H3/t24-,25-/m1/s1. The molecule has 0 bridgehead atoms. The molecule has 0 aliphatic carbocycles. The van der Waals surface area contributed by atoms with Gasteiger partial charge >= 0.3 is 5.97 Å². The predicted octanol–water partition coefficient (Wildman–Crippen LogP) is 4.77. The van der Waals surface area contributed by atoms with Crippen LogP contribution in [0.1, 0.15) is 27.6 Å². The number of methoxy groups -OCH3 is 5. The molecule has 3 aromatic carbocycles. The summed E-state index contributed by atoms with van der Waals surface area (Å²) >= 11 is 0. The average molecular weight is 499 g/mol. The Bertz CT molecular complexity index is 1230. The first-order chi connectivity index (χ1) is 17.4. The number of ether oxygens (including phenoxy) is 7. The first-order valence-electron chi connectivity index (χ1n) is 11.1. The SMILES string of the molecule is COc1cc(OC)c2c(c1)O[C@H](c1cc(OC)c(OC)c(OC)c1)[C@H](OC(=O)c1cccc(F)c1)C2. The normalized spacial score (nSPS) is 16.3. The third-order valence-electron chi connectivity index (χ3n) is 5.93. The maximum atomic E-state index is 13.8. The molecule has 0 fully saturated rings. The van der Waals surface area contributed by atoms with Crippen molar-refractivity contribution in [3.05, 3.63) is 71.0 Å². The second kappa shape index (κ2) is 10.6. The smallest absolute Gasteiger partial charge is 0.338 e. The number of hydrogen-bond acceptors (Lipinski definition) is 8. The maximum absolute atomic E-state index is 13.8. The molecule has 3 aromatic rings. The van der Waals surface area contributed by atoms with Gasteiger partial charge in [-0.3, -0.25) is 0 Å². The Morgan fingerprint density at radius 1 is 0.861 bits per heavy atom. The first-order valence-corrected chi connectivity index (χ1v) is 11.1. The number of carbonyl (C=O) groups is 1. The summed E-state index contributed by atoms with van der Waals surface area (Å²) in [6, 6.07) is 12.3. The molecule has 0 unspecified atom stereocenters. The van der Waals surface area contributed by atoms with Gasteiger partial charge in [-0.15, -0.1) is 0 Å². The summed E-state index contributed by atoms with van der Waals surface area (Å²) in [5, 5.41) is 0. The van der Waals surface area contributed by atoms with Gasteiger partial charge in [0.2, 0.25) is 5.75 Å². The van der Waals surface area contributed by atoms with Crippen LogP contribution in [0.3, 0.4) is 0 Å². The first kappa shape index (κ1) is 25.0. The van der Waals surface area contributed by atoms with Crippen LogP contribution in [0.4, 0.5) is 4.39 Å². The summed E-state index contributed by atoms with van der Waals surface area (Å²) in [5.74, 6) is 1.61. The van der Waals surface area contributed by atoms with Crippen LogP contribution in [0.25, 0.3) is 0 Å².